The Kier molecular flexibility index (Phi) is 6.51. The average molecular weight is 527 g/mol. The first-order valence-electron chi connectivity index (χ1n) is 12.1. The highest BCUT2D eigenvalue weighted by Gasteiger charge is 2.34. The molecule has 0 saturated carbocycles. The van der Waals surface area contributed by atoms with E-state index in [1.54, 1.807) is 24.5 Å². The number of nitrogens with two attached hydrogens (primary N) is 1. The third kappa shape index (κ3) is 4.78. The van der Waals surface area contributed by atoms with Gasteiger partial charge in [-0.2, -0.15) is 13.2 Å². The average Bonchev–Trinajstić information content (AvgIpc) is 3.54. The summed E-state index contributed by atoms with van der Waals surface area (Å²) in [7, 11) is 0. The van der Waals surface area contributed by atoms with E-state index in [4.69, 9.17) is 10.7 Å². The number of hydrogen-bond donors (Lipinski definition) is 3. The van der Waals surface area contributed by atoms with Gasteiger partial charge in [0, 0.05) is 55.1 Å². The fourth-order valence-corrected chi connectivity index (χ4v) is 4.70. The Balaban J connectivity index is 1.42. The van der Waals surface area contributed by atoms with Crippen molar-refractivity contribution in [2.24, 2.45) is 0 Å². The fraction of sp³-hybridized carbons (Fsp3) is 0.320. The smallest absolute Gasteiger partial charge is 0.382 e. The van der Waals surface area contributed by atoms with Crippen LogP contribution in [0.15, 0.2) is 42.9 Å². The Labute approximate surface area is 215 Å². The van der Waals surface area contributed by atoms with Gasteiger partial charge in [0.05, 0.1) is 0 Å². The highest BCUT2D eigenvalue weighted by Crippen LogP contribution is 2.34. The number of aromatic amines is 1. The third-order valence-corrected chi connectivity index (χ3v) is 6.57. The Morgan fingerprint density at radius 1 is 1.21 bits per heavy atom. The van der Waals surface area contributed by atoms with Crippen molar-refractivity contribution >= 4 is 29.1 Å². The van der Waals surface area contributed by atoms with Gasteiger partial charge in [0.1, 0.15) is 22.9 Å². The summed E-state index contributed by atoms with van der Waals surface area (Å²) < 4.78 is 40.2. The number of amides is 2. The van der Waals surface area contributed by atoms with Crippen LogP contribution >= 0.6 is 0 Å². The second kappa shape index (κ2) is 9.80. The molecule has 10 nitrogen and oxygen atoms in total. The molecule has 4 aromatic rings. The zero-order chi connectivity index (χ0) is 27.0. The van der Waals surface area contributed by atoms with Gasteiger partial charge in [-0.05, 0) is 25.0 Å². The standard InChI is InChI=1S/C25H25F3N8O2/c1-2-18(37)35-10-3-4-16(13-35)22-33-19(20-21(29)30-9-11-36(20)22)14-5-7-15(8-6-14)23(38)34-24-31-12-17(32-24)25(26,27)28/h5-9,11-12,16H,2-4,10,13H2,1H3,(H2,29,30)(H2,31,32,34,38). The number of hydrogen-bond acceptors (Lipinski definition) is 6. The summed E-state index contributed by atoms with van der Waals surface area (Å²) in [5.41, 5.74) is 7.21. The van der Waals surface area contributed by atoms with E-state index in [0.29, 0.717) is 41.8 Å². The number of benzene rings is 1. The molecule has 5 rings (SSSR count). The van der Waals surface area contributed by atoms with E-state index in [1.165, 1.54) is 12.1 Å². The molecule has 1 fully saturated rings. The van der Waals surface area contributed by atoms with Crippen molar-refractivity contribution in [3.05, 3.63) is 59.9 Å². The van der Waals surface area contributed by atoms with E-state index in [9.17, 15) is 22.8 Å². The van der Waals surface area contributed by atoms with E-state index in [2.05, 4.69) is 20.3 Å². The van der Waals surface area contributed by atoms with Crippen molar-refractivity contribution in [1.82, 2.24) is 29.2 Å². The molecule has 1 aliphatic heterocycles. The minimum atomic E-state index is -4.62. The molecule has 0 radical (unpaired) electrons. The zero-order valence-electron chi connectivity index (χ0n) is 20.4. The molecule has 3 aromatic heterocycles. The molecule has 198 valence electrons. The van der Waals surface area contributed by atoms with Crippen LogP contribution in [0.3, 0.4) is 0 Å². The monoisotopic (exact) mass is 526 g/mol. The van der Waals surface area contributed by atoms with Crippen LogP contribution < -0.4 is 11.1 Å². The summed E-state index contributed by atoms with van der Waals surface area (Å²) >= 11 is 0. The number of halogens is 3. The first-order valence-corrected chi connectivity index (χ1v) is 12.1. The lowest BCUT2D eigenvalue weighted by Crippen LogP contribution is -2.39. The maximum atomic E-state index is 12.8. The molecule has 1 aromatic carbocycles. The van der Waals surface area contributed by atoms with Crippen LogP contribution in [0.5, 0.6) is 0 Å². The zero-order valence-corrected chi connectivity index (χ0v) is 20.4. The van der Waals surface area contributed by atoms with Crippen LogP contribution in [0.2, 0.25) is 0 Å². The molecule has 1 unspecified atom stereocenters. The molecule has 0 aliphatic carbocycles. The maximum absolute atomic E-state index is 12.8. The summed E-state index contributed by atoms with van der Waals surface area (Å²) in [4.78, 5) is 41.5. The molecule has 1 aliphatic rings. The van der Waals surface area contributed by atoms with Crippen LogP contribution in [0.1, 0.15) is 54.0 Å². The lowest BCUT2D eigenvalue weighted by Gasteiger charge is -2.32. The number of imidazole rings is 2. The molecule has 38 heavy (non-hydrogen) atoms. The number of carbonyl (C=O) groups is 2. The Morgan fingerprint density at radius 3 is 2.66 bits per heavy atom. The largest absolute Gasteiger partial charge is 0.434 e. The van der Waals surface area contributed by atoms with Gasteiger partial charge in [-0.15, -0.1) is 0 Å². The first kappa shape index (κ1) is 25.2. The van der Waals surface area contributed by atoms with E-state index in [-0.39, 0.29) is 23.3 Å². The SMILES string of the molecule is CCC(=O)N1CCCC(c2nc(-c3ccc(C(=O)Nc4nc(C(F)(F)F)c[nH]4)cc3)c3c(N)nccn23)C1. The highest BCUT2D eigenvalue weighted by molar-refractivity contribution is 6.03. The predicted octanol–water partition coefficient (Wildman–Crippen LogP) is 4.09. The van der Waals surface area contributed by atoms with Crippen LogP contribution in [-0.4, -0.2) is 54.1 Å². The van der Waals surface area contributed by atoms with Gasteiger partial charge in [0.2, 0.25) is 11.9 Å². The molecule has 0 bridgehead atoms. The van der Waals surface area contributed by atoms with Crippen molar-refractivity contribution in [3.63, 3.8) is 0 Å². The molecule has 0 spiro atoms. The van der Waals surface area contributed by atoms with Crippen LogP contribution in [0.25, 0.3) is 16.8 Å². The molecule has 13 heteroatoms. The summed E-state index contributed by atoms with van der Waals surface area (Å²) in [5.74, 6) is 0.255. The van der Waals surface area contributed by atoms with Gasteiger partial charge in [-0.1, -0.05) is 19.1 Å². The molecule has 1 atom stereocenters. The lowest BCUT2D eigenvalue weighted by molar-refractivity contribution is -0.140. The maximum Gasteiger partial charge on any atom is 0.434 e. The van der Waals surface area contributed by atoms with Crippen molar-refractivity contribution in [3.8, 4) is 11.3 Å². The normalized spacial score (nSPS) is 16.1. The van der Waals surface area contributed by atoms with Crippen molar-refractivity contribution in [1.29, 1.82) is 0 Å². The molecule has 2 amide bonds. The van der Waals surface area contributed by atoms with Gasteiger partial charge in [0.25, 0.3) is 5.91 Å². The number of carbonyl (C=O) groups excluding carboxylic acids is 2. The van der Waals surface area contributed by atoms with E-state index >= 15 is 0 Å². The second-order valence-electron chi connectivity index (χ2n) is 9.05. The minimum Gasteiger partial charge on any atom is -0.382 e. The molecule has 4 heterocycles. The third-order valence-electron chi connectivity index (χ3n) is 6.57. The highest BCUT2D eigenvalue weighted by atomic mass is 19.4. The second-order valence-corrected chi connectivity index (χ2v) is 9.05. The predicted molar refractivity (Wildman–Crippen MR) is 133 cm³/mol. The number of anilines is 2. The van der Waals surface area contributed by atoms with Gasteiger partial charge in [-0.25, -0.2) is 15.0 Å². The van der Waals surface area contributed by atoms with Crippen molar-refractivity contribution < 1.29 is 22.8 Å². The number of nitrogens with one attached hydrogen (secondary N) is 2. The lowest BCUT2D eigenvalue weighted by atomic mass is 9.97. The first-order chi connectivity index (χ1) is 18.2. The van der Waals surface area contributed by atoms with E-state index in [0.717, 1.165) is 25.2 Å². The Morgan fingerprint density at radius 2 is 1.97 bits per heavy atom. The number of piperidine rings is 1. The number of nitrogen functional groups attached to an aromatic ring is 1. The molecule has 4 N–H and O–H groups in total. The Hall–Kier alpha value is -4.42. The number of H-pyrrole nitrogens is 1. The molecular weight excluding hydrogens is 501 g/mol. The number of rotatable bonds is 5. The molecule has 1 saturated heterocycles. The number of alkyl halides is 3. The Bertz CT molecular complexity index is 1490. The van der Waals surface area contributed by atoms with Crippen LogP contribution in [0, 0.1) is 0 Å². The number of nitrogens with zero attached hydrogens (tertiary/aromatic N) is 5. The summed E-state index contributed by atoms with van der Waals surface area (Å²) in [6.45, 7) is 3.14. The van der Waals surface area contributed by atoms with Gasteiger partial charge < -0.3 is 15.6 Å². The number of fused-ring (bicyclic) bond motifs is 1. The van der Waals surface area contributed by atoms with Crippen molar-refractivity contribution in [2.45, 2.75) is 38.3 Å². The summed E-state index contributed by atoms with van der Waals surface area (Å²) in [6.07, 6.45) is 1.63. The number of likely N-dealkylation sites (tertiary alicyclic amines) is 1. The van der Waals surface area contributed by atoms with Crippen LogP contribution in [0.4, 0.5) is 24.9 Å². The van der Waals surface area contributed by atoms with Crippen molar-refractivity contribution in [2.75, 3.05) is 24.1 Å². The van der Waals surface area contributed by atoms with Crippen LogP contribution in [-0.2, 0) is 11.0 Å². The summed E-state index contributed by atoms with van der Waals surface area (Å²) in [5, 5.41) is 2.33. The van der Waals surface area contributed by atoms with E-state index in [1.807, 2.05) is 16.2 Å². The fourth-order valence-electron chi connectivity index (χ4n) is 4.70. The van der Waals surface area contributed by atoms with Gasteiger partial charge >= 0.3 is 6.18 Å². The van der Waals surface area contributed by atoms with E-state index < -0.39 is 17.8 Å². The minimum absolute atomic E-state index is 0.0160. The summed E-state index contributed by atoms with van der Waals surface area (Å²) in [6, 6.07) is 6.45. The molecular formula is C25H25F3N8O2. The number of aromatic nitrogens is 5. The van der Waals surface area contributed by atoms with Gasteiger partial charge in [-0.3, -0.25) is 19.3 Å². The topological polar surface area (TPSA) is 134 Å². The quantitative estimate of drug-likeness (QED) is 0.359. The van der Waals surface area contributed by atoms with Gasteiger partial charge in [0.15, 0.2) is 5.69 Å².